The van der Waals surface area contributed by atoms with Crippen molar-refractivity contribution in [3.63, 3.8) is 0 Å². The highest BCUT2D eigenvalue weighted by molar-refractivity contribution is 5.80. The van der Waals surface area contributed by atoms with E-state index in [1.54, 1.807) is 25.3 Å². The number of aryl methyl sites for hydroxylation is 1. The summed E-state index contributed by atoms with van der Waals surface area (Å²) in [5.74, 6) is 0.105. The van der Waals surface area contributed by atoms with Crippen LogP contribution in [-0.2, 0) is 24.4 Å². The van der Waals surface area contributed by atoms with Crippen molar-refractivity contribution in [3.8, 4) is 0 Å². The summed E-state index contributed by atoms with van der Waals surface area (Å²) in [6.07, 6.45) is 7.57. The van der Waals surface area contributed by atoms with Gasteiger partial charge in [-0.15, -0.1) is 0 Å². The Labute approximate surface area is 130 Å². The number of rotatable bonds is 4. The monoisotopic (exact) mass is 302 g/mol. The van der Waals surface area contributed by atoms with Gasteiger partial charge in [-0.05, 0) is 6.92 Å². The molecule has 2 aromatic heterocycles. The van der Waals surface area contributed by atoms with E-state index in [9.17, 15) is 4.79 Å². The van der Waals surface area contributed by atoms with Gasteiger partial charge in [0.25, 0.3) is 0 Å². The average Bonchev–Trinajstić information content (AvgIpc) is 3.14. The van der Waals surface area contributed by atoms with E-state index in [0.29, 0.717) is 6.54 Å². The normalized spacial score (nSPS) is 18.2. The van der Waals surface area contributed by atoms with Gasteiger partial charge in [-0.1, -0.05) is 0 Å². The largest absolute Gasteiger partial charge is 0.347 e. The zero-order valence-corrected chi connectivity index (χ0v) is 13.3. The van der Waals surface area contributed by atoms with E-state index in [1.165, 1.54) is 5.56 Å². The van der Waals surface area contributed by atoms with Crippen LogP contribution in [0.5, 0.6) is 0 Å². The van der Waals surface area contributed by atoms with Gasteiger partial charge in [-0.25, -0.2) is 4.98 Å². The van der Waals surface area contributed by atoms with Crippen LogP contribution in [0.3, 0.4) is 0 Å². The highest BCUT2D eigenvalue weighted by atomic mass is 16.2. The SMILES string of the molecule is CCn1cc(CN2Cc3cncn3[C@@H](C(=O)N(C)C)C2)cn1. The Morgan fingerprint density at radius 1 is 1.41 bits per heavy atom. The molecular formula is C15H22N6O. The van der Waals surface area contributed by atoms with E-state index in [0.717, 1.165) is 25.3 Å². The number of carbonyl (C=O) groups excluding carboxylic acids is 1. The molecule has 22 heavy (non-hydrogen) atoms. The number of imidazole rings is 1. The standard InChI is InChI=1S/C15H22N6O/c1-4-20-8-12(5-17-20)7-19-9-13-6-16-11-21(13)14(10-19)15(22)18(2)3/h5-6,8,11,14H,4,7,9-10H2,1-3H3/t14-/m1/s1. The van der Waals surface area contributed by atoms with Gasteiger partial charge in [0.1, 0.15) is 6.04 Å². The molecular weight excluding hydrogens is 280 g/mol. The van der Waals surface area contributed by atoms with Crippen molar-refractivity contribution in [1.29, 1.82) is 0 Å². The number of amides is 1. The molecule has 0 saturated heterocycles. The van der Waals surface area contributed by atoms with Crippen LogP contribution in [0, 0.1) is 0 Å². The summed E-state index contributed by atoms with van der Waals surface area (Å²) < 4.78 is 3.92. The van der Waals surface area contributed by atoms with E-state index in [4.69, 9.17) is 0 Å². The minimum absolute atomic E-state index is 0.105. The van der Waals surface area contributed by atoms with Gasteiger partial charge in [0.05, 0.1) is 18.2 Å². The summed E-state index contributed by atoms with van der Waals surface area (Å²) in [5, 5.41) is 4.31. The molecule has 3 heterocycles. The fourth-order valence-electron chi connectivity index (χ4n) is 2.90. The molecule has 0 saturated carbocycles. The van der Waals surface area contributed by atoms with Crippen LogP contribution in [0.2, 0.25) is 0 Å². The number of carbonyl (C=O) groups is 1. The minimum atomic E-state index is -0.206. The quantitative estimate of drug-likeness (QED) is 0.836. The summed E-state index contributed by atoms with van der Waals surface area (Å²) in [7, 11) is 3.59. The molecule has 1 aliphatic heterocycles. The maximum Gasteiger partial charge on any atom is 0.246 e. The Bertz CT molecular complexity index is 659. The van der Waals surface area contributed by atoms with E-state index in [1.807, 2.05) is 21.6 Å². The van der Waals surface area contributed by atoms with E-state index in [-0.39, 0.29) is 11.9 Å². The van der Waals surface area contributed by atoms with Crippen LogP contribution in [0.25, 0.3) is 0 Å². The Balaban J connectivity index is 1.79. The van der Waals surface area contributed by atoms with Gasteiger partial charge in [0, 0.05) is 58.2 Å². The molecule has 118 valence electrons. The molecule has 1 amide bonds. The minimum Gasteiger partial charge on any atom is -0.347 e. The van der Waals surface area contributed by atoms with Crippen molar-refractivity contribution in [3.05, 3.63) is 36.2 Å². The number of nitrogens with zero attached hydrogens (tertiary/aromatic N) is 6. The van der Waals surface area contributed by atoms with Crippen molar-refractivity contribution in [1.82, 2.24) is 29.1 Å². The lowest BCUT2D eigenvalue weighted by Crippen LogP contribution is -2.43. The Morgan fingerprint density at radius 2 is 2.23 bits per heavy atom. The van der Waals surface area contributed by atoms with Crippen LogP contribution in [0.1, 0.15) is 24.2 Å². The highest BCUT2D eigenvalue weighted by Gasteiger charge is 2.31. The van der Waals surface area contributed by atoms with Crippen LogP contribution >= 0.6 is 0 Å². The molecule has 0 radical (unpaired) electrons. The maximum atomic E-state index is 12.4. The Kier molecular flexibility index (Phi) is 3.98. The number of hydrogen-bond acceptors (Lipinski definition) is 4. The predicted molar refractivity (Wildman–Crippen MR) is 82.0 cm³/mol. The molecule has 0 spiro atoms. The first kappa shape index (κ1) is 14.8. The molecule has 3 rings (SSSR count). The molecule has 1 aliphatic rings. The predicted octanol–water partition coefficient (Wildman–Crippen LogP) is 0.745. The lowest BCUT2D eigenvalue weighted by atomic mass is 10.1. The van der Waals surface area contributed by atoms with Crippen molar-refractivity contribution < 1.29 is 4.79 Å². The smallest absolute Gasteiger partial charge is 0.246 e. The van der Waals surface area contributed by atoms with Gasteiger partial charge < -0.3 is 9.47 Å². The van der Waals surface area contributed by atoms with E-state index < -0.39 is 0 Å². The molecule has 0 bridgehead atoms. The van der Waals surface area contributed by atoms with Crippen LogP contribution in [0.15, 0.2) is 24.9 Å². The first-order valence-electron chi connectivity index (χ1n) is 7.54. The van der Waals surface area contributed by atoms with Crippen molar-refractivity contribution in [2.45, 2.75) is 32.6 Å². The van der Waals surface area contributed by atoms with Gasteiger partial charge in [-0.3, -0.25) is 14.4 Å². The summed E-state index contributed by atoms with van der Waals surface area (Å²) in [6, 6.07) is -0.206. The zero-order chi connectivity index (χ0) is 15.7. The first-order valence-corrected chi connectivity index (χ1v) is 7.54. The topological polar surface area (TPSA) is 59.2 Å². The summed E-state index contributed by atoms with van der Waals surface area (Å²) in [5.41, 5.74) is 2.25. The number of aromatic nitrogens is 4. The molecule has 1 atom stereocenters. The third-order valence-electron chi connectivity index (χ3n) is 4.04. The number of hydrogen-bond donors (Lipinski definition) is 0. The first-order chi connectivity index (χ1) is 10.6. The van der Waals surface area contributed by atoms with E-state index >= 15 is 0 Å². The number of likely N-dealkylation sites (N-methyl/N-ethyl adjacent to an activating group) is 1. The molecule has 0 fully saturated rings. The van der Waals surface area contributed by atoms with Crippen LogP contribution < -0.4 is 0 Å². The zero-order valence-electron chi connectivity index (χ0n) is 13.3. The highest BCUT2D eigenvalue weighted by Crippen LogP contribution is 2.23. The third kappa shape index (κ3) is 2.76. The third-order valence-corrected chi connectivity index (χ3v) is 4.04. The molecule has 0 unspecified atom stereocenters. The molecule has 0 aliphatic carbocycles. The molecule has 7 heteroatoms. The van der Waals surface area contributed by atoms with Gasteiger partial charge in [0.15, 0.2) is 0 Å². The molecule has 0 N–H and O–H groups in total. The molecule has 7 nitrogen and oxygen atoms in total. The molecule has 0 aromatic carbocycles. The lowest BCUT2D eigenvalue weighted by Gasteiger charge is -2.34. The van der Waals surface area contributed by atoms with E-state index in [2.05, 4.69) is 28.1 Å². The molecule has 2 aromatic rings. The average molecular weight is 302 g/mol. The summed E-state index contributed by atoms with van der Waals surface area (Å²) in [6.45, 7) is 5.23. The number of fused-ring (bicyclic) bond motifs is 1. The van der Waals surface area contributed by atoms with Gasteiger partial charge in [-0.2, -0.15) is 5.10 Å². The van der Waals surface area contributed by atoms with Gasteiger partial charge >= 0.3 is 0 Å². The second-order valence-corrected chi connectivity index (χ2v) is 5.91. The van der Waals surface area contributed by atoms with Crippen molar-refractivity contribution >= 4 is 5.91 Å². The Hall–Kier alpha value is -2.15. The van der Waals surface area contributed by atoms with Crippen LogP contribution in [-0.4, -0.2) is 55.7 Å². The summed E-state index contributed by atoms with van der Waals surface area (Å²) in [4.78, 5) is 20.6. The summed E-state index contributed by atoms with van der Waals surface area (Å²) >= 11 is 0. The Morgan fingerprint density at radius 3 is 2.91 bits per heavy atom. The lowest BCUT2D eigenvalue weighted by molar-refractivity contribution is -0.133. The second-order valence-electron chi connectivity index (χ2n) is 5.91. The fourth-order valence-corrected chi connectivity index (χ4v) is 2.90. The van der Waals surface area contributed by atoms with Crippen molar-refractivity contribution in [2.75, 3.05) is 20.6 Å². The van der Waals surface area contributed by atoms with Crippen molar-refractivity contribution in [2.24, 2.45) is 0 Å². The van der Waals surface area contributed by atoms with Crippen LogP contribution in [0.4, 0.5) is 0 Å². The van der Waals surface area contributed by atoms with Gasteiger partial charge in [0.2, 0.25) is 5.91 Å². The fraction of sp³-hybridized carbons (Fsp3) is 0.533. The second kappa shape index (κ2) is 5.92. The maximum absolute atomic E-state index is 12.4.